The predicted molar refractivity (Wildman–Crippen MR) is 101 cm³/mol. The highest BCUT2D eigenvalue weighted by Crippen LogP contribution is 2.19. The summed E-state index contributed by atoms with van der Waals surface area (Å²) in [6, 6.07) is 22.7. The fourth-order valence-electron chi connectivity index (χ4n) is 3.01. The number of fused-ring (bicyclic) bond motifs is 1. The quantitative estimate of drug-likeness (QED) is 0.595. The molecule has 0 saturated carbocycles. The van der Waals surface area contributed by atoms with Crippen LogP contribution in [0.3, 0.4) is 0 Å². The number of hydrogen-bond acceptors (Lipinski definition) is 3. The van der Waals surface area contributed by atoms with Crippen LogP contribution in [0.1, 0.15) is 11.3 Å². The molecular formula is C21H20N4. The molecule has 4 aromatic rings. The third kappa shape index (κ3) is 3.59. The van der Waals surface area contributed by atoms with Crippen molar-refractivity contribution >= 4 is 10.9 Å². The molecule has 0 amide bonds. The monoisotopic (exact) mass is 328 g/mol. The van der Waals surface area contributed by atoms with E-state index in [1.807, 2.05) is 36.5 Å². The lowest BCUT2D eigenvalue weighted by atomic mass is 10.2. The maximum absolute atomic E-state index is 4.70. The van der Waals surface area contributed by atoms with Crippen LogP contribution in [0.25, 0.3) is 22.4 Å². The van der Waals surface area contributed by atoms with Gasteiger partial charge in [0.2, 0.25) is 0 Å². The first-order valence-electron chi connectivity index (χ1n) is 8.40. The maximum Gasteiger partial charge on any atom is 0.156 e. The summed E-state index contributed by atoms with van der Waals surface area (Å²) in [5.41, 5.74) is 4.25. The Kier molecular flexibility index (Phi) is 4.27. The summed E-state index contributed by atoms with van der Waals surface area (Å²) in [5, 5.41) is 1.14. The normalized spacial score (nSPS) is 11.3. The Morgan fingerprint density at radius 3 is 2.56 bits per heavy atom. The zero-order valence-electron chi connectivity index (χ0n) is 14.2. The highest BCUT2D eigenvalue weighted by atomic mass is 15.1. The average Bonchev–Trinajstić information content (AvgIpc) is 3.10. The van der Waals surface area contributed by atoms with Crippen LogP contribution >= 0.6 is 0 Å². The van der Waals surface area contributed by atoms with Crippen molar-refractivity contribution in [3.8, 4) is 11.5 Å². The Morgan fingerprint density at radius 1 is 0.880 bits per heavy atom. The van der Waals surface area contributed by atoms with Gasteiger partial charge in [-0.3, -0.25) is 4.90 Å². The molecule has 0 atom stereocenters. The first kappa shape index (κ1) is 15.5. The van der Waals surface area contributed by atoms with Gasteiger partial charge in [0.15, 0.2) is 5.82 Å². The van der Waals surface area contributed by atoms with Crippen LogP contribution in [-0.2, 0) is 13.1 Å². The fraction of sp³-hybridized carbons (Fsp3) is 0.143. The molecule has 0 aliphatic carbocycles. The van der Waals surface area contributed by atoms with Crippen molar-refractivity contribution < 1.29 is 0 Å². The molecular weight excluding hydrogens is 308 g/mol. The van der Waals surface area contributed by atoms with Crippen LogP contribution in [0.2, 0.25) is 0 Å². The van der Waals surface area contributed by atoms with E-state index in [0.717, 1.165) is 41.2 Å². The molecule has 4 heteroatoms. The number of aromatic nitrogens is 3. The van der Waals surface area contributed by atoms with Gasteiger partial charge in [-0.15, -0.1) is 0 Å². The molecule has 2 aromatic carbocycles. The standard InChI is InChI=1S/C21H20N4/c1-25(14-16-7-3-2-4-8-16)15-18-13-22-21(23-18)20-12-11-17-9-5-6-10-19(17)24-20/h2-13H,14-15H2,1H3,(H,22,23). The molecule has 4 rings (SSSR count). The molecule has 1 N–H and O–H groups in total. The van der Waals surface area contributed by atoms with E-state index in [1.54, 1.807) is 0 Å². The smallest absolute Gasteiger partial charge is 0.156 e. The summed E-state index contributed by atoms with van der Waals surface area (Å²) >= 11 is 0. The average molecular weight is 328 g/mol. The second-order valence-electron chi connectivity index (χ2n) is 6.30. The van der Waals surface area contributed by atoms with Crippen molar-refractivity contribution in [2.24, 2.45) is 0 Å². The molecule has 0 fully saturated rings. The van der Waals surface area contributed by atoms with Crippen molar-refractivity contribution in [1.82, 2.24) is 19.9 Å². The van der Waals surface area contributed by atoms with Crippen molar-refractivity contribution in [1.29, 1.82) is 0 Å². The zero-order chi connectivity index (χ0) is 17.1. The summed E-state index contributed by atoms with van der Waals surface area (Å²) in [7, 11) is 2.11. The van der Waals surface area contributed by atoms with Crippen LogP contribution in [0.4, 0.5) is 0 Å². The maximum atomic E-state index is 4.70. The minimum absolute atomic E-state index is 0.814. The fourth-order valence-corrected chi connectivity index (χ4v) is 3.01. The van der Waals surface area contributed by atoms with Crippen molar-refractivity contribution in [2.75, 3.05) is 7.05 Å². The van der Waals surface area contributed by atoms with Crippen molar-refractivity contribution in [3.05, 3.63) is 84.2 Å². The van der Waals surface area contributed by atoms with Crippen molar-refractivity contribution in [3.63, 3.8) is 0 Å². The second kappa shape index (κ2) is 6.87. The van der Waals surface area contributed by atoms with Crippen LogP contribution in [-0.4, -0.2) is 26.9 Å². The first-order chi connectivity index (χ1) is 12.3. The van der Waals surface area contributed by atoms with Crippen LogP contribution in [0, 0.1) is 0 Å². The number of nitrogens with one attached hydrogen (secondary N) is 1. The van der Waals surface area contributed by atoms with Crippen LogP contribution < -0.4 is 0 Å². The highest BCUT2D eigenvalue weighted by Gasteiger charge is 2.08. The number of imidazole rings is 1. The molecule has 2 heterocycles. The summed E-state index contributed by atoms with van der Waals surface area (Å²) in [5.74, 6) is 0.814. The minimum atomic E-state index is 0.814. The molecule has 0 spiro atoms. The molecule has 0 saturated heterocycles. The number of H-pyrrole nitrogens is 1. The molecule has 0 unspecified atom stereocenters. The van der Waals surface area contributed by atoms with Crippen LogP contribution in [0.15, 0.2) is 72.9 Å². The van der Waals surface area contributed by atoms with E-state index in [-0.39, 0.29) is 0 Å². The van der Waals surface area contributed by atoms with Gasteiger partial charge in [-0.25, -0.2) is 9.97 Å². The third-order valence-corrected chi connectivity index (χ3v) is 4.21. The van der Waals surface area contributed by atoms with E-state index < -0.39 is 0 Å². The van der Waals surface area contributed by atoms with E-state index in [0.29, 0.717) is 0 Å². The lowest BCUT2D eigenvalue weighted by molar-refractivity contribution is 0.315. The van der Waals surface area contributed by atoms with Gasteiger partial charge in [0.25, 0.3) is 0 Å². The van der Waals surface area contributed by atoms with E-state index in [2.05, 4.69) is 58.3 Å². The van der Waals surface area contributed by atoms with E-state index >= 15 is 0 Å². The molecule has 4 nitrogen and oxygen atoms in total. The van der Waals surface area contributed by atoms with E-state index in [1.165, 1.54) is 5.56 Å². The molecule has 0 aliphatic rings. The van der Waals surface area contributed by atoms with Crippen LogP contribution in [0.5, 0.6) is 0 Å². The zero-order valence-corrected chi connectivity index (χ0v) is 14.2. The van der Waals surface area contributed by atoms with Gasteiger partial charge in [-0.1, -0.05) is 54.6 Å². The molecule has 25 heavy (non-hydrogen) atoms. The number of nitrogens with zero attached hydrogens (tertiary/aromatic N) is 3. The Balaban J connectivity index is 1.49. The third-order valence-electron chi connectivity index (χ3n) is 4.21. The summed E-state index contributed by atoms with van der Waals surface area (Å²) in [4.78, 5) is 14.9. The number of hydrogen-bond donors (Lipinski definition) is 1. The lowest BCUT2D eigenvalue weighted by Gasteiger charge is -2.15. The Labute approximate surface area is 147 Å². The molecule has 0 bridgehead atoms. The highest BCUT2D eigenvalue weighted by molar-refractivity contribution is 5.80. The lowest BCUT2D eigenvalue weighted by Crippen LogP contribution is -2.17. The SMILES string of the molecule is CN(Cc1ccccc1)Cc1cnc(-c2ccc3ccccc3n2)[nH]1. The summed E-state index contributed by atoms with van der Waals surface area (Å²) in [6.45, 7) is 1.72. The number of para-hydroxylation sites is 1. The van der Waals surface area contributed by atoms with Gasteiger partial charge in [0, 0.05) is 24.2 Å². The molecule has 0 aliphatic heterocycles. The van der Waals surface area contributed by atoms with Gasteiger partial charge < -0.3 is 4.98 Å². The van der Waals surface area contributed by atoms with Gasteiger partial charge in [-0.2, -0.15) is 0 Å². The largest absolute Gasteiger partial charge is 0.339 e. The first-order valence-corrected chi connectivity index (χ1v) is 8.40. The Hall–Kier alpha value is -2.98. The van der Waals surface area contributed by atoms with Gasteiger partial charge in [-0.05, 0) is 24.7 Å². The number of rotatable bonds is 5. The van der Waals surface area contributed by atoms with Gasteiger partial charge in [0.05, 0.1) is 11.7 Å². The summed E-state index contributed by atoms with van der Waals surface area (Å²) < 4.78 is 0. The second-order valence-corrected chi connectivity index (χ2v) is 6.30. The van der Waals surface area contributed by atoms with E-state index in [9.17, 15) is 0 Å². The Bertz CT molecular complexity index is 975. The van der Waals surface area contributed by atoms with E-state index in [4.69, 9.17) is 4.98 Å². The predicted octanol–water partition coefficient (Wildman–Crippen LogP) is 4.26. The topological polar surface area (TPSA) is 44.8 Å². The number of aromatic amines is 1. The Morgan fingerprint density at radius 2 is 1.68 bits per heavy atom. The van der Waals surface area contributed by atoms with Crippen molar-refractivity contribution in [2.45, 2.75) is 13.1 Å². The number of pyridine rings is 1. The molecule has 124 valence electrons. The minimum Gasteiger partial charge on any atom is -0.339 e. The van der Waals surface area contributed by atoms with Gasteiger partial charge >= 0.3 is 0 Å². The summed E-state index contributed by atoms with van der Waals surface area (Å²) in [6.07, 6.45) is 1.90. The molecule has 2 aromatic heterocycles. The number of benzene rings is 2. The molecule has 0 radical (unpaired) electrons. The van der Waals surface area contributed by atoms with Gasteiger partial charge in [0.1, 0.15) is 5.69 Å².